The Labute approximate surface area is 186 Å². The molecule has 0 aliphatic carbocycles. The second-order valence-electron chi connectivity index (χ2n) is 7.15. The number of imidazole rings is 1. The van der Waals surface area contributed by atoms with Gasteiger partial charge in [-0.15, -0.1) is 0 Å². The average molecular weight is 456 g/mol. The lowest BCUT2D eigenvalue weighted by Crippen LogP contribution is -2.32. The molecule has 162 valence electrons. The zero-order valence-corrected chi connectivity index (χ0v) is 18.7. The van der Waals surface area contributed by atoms with Crippen LogP contribution in [-0.2, 0) is 10.0 Å². The number of nitrogens with zero attached hydrogens (tertiary/aromatic N) is 4. The van der Waals surface area contributed by atoms with Gasteiger partial charge >= 0.3 is 0 Å². The molecule has 31 heavy (non-hydrogen) atoms. The highest BCUT2D eigenvalue weighted by Crippen LogP contribution is 2.24. The standard InChI is InChI=1S/C22H25N5O2S2/c28-31(29,20-13-7-4-8-14-20)27(19-11-5-3-6-12-19)17-10-2-1-9-15-23-21-25-30-22-24-16-18-26(21)22/h3-8,11-14,16,18H,1-2,9-10,15,17H2,(H,23,25). The van der Waals surface area contributed by atoms with Crippen molar-refractivity contribution < 1.29 is 8.42 Å². The largest absolute Gasteiger partial charge is 0.355 e. The van der Waals surface area contributed by atoms with Gasteiger partial charge in [0.2, 0.25) is 10.9 Å². The number of fused-ring (bicyclic) bond motifs is 1. The molecule has 2 aromatic heterocycles. The Bertz CT molecular complexity index is 1190. The van der Waals surface area contributed by atoms with E-state index in [2.05, 4.69) is 14.7 Å². The lowest BCUT2D eigenvalue weighted by Gasteiger charge is -2.24. The topological polar surface area (TPSA) is 79.6 Å². The first-order chi connectivity index (χ1) is 15.2. The first-order valence-electron chi connectivity index (χ1n) is 10.3. The molecule has 0 atom stereocenters. The summed E-state index contributed by atoms with van der Waals surface area (Å²) >= 11 is 1.37. The van der Waals surface area contributed by atoms with E-state index >= 15 is 0 Å². The van der Waals surface area contributed by atoms with E-state index in [1.807, 2.05) is 47.0 Å². The third-order valence-corrected chi connectivity index (χ3v) is 7.57. The Hall–Kier alpha value is -2.91. The molecule has 7 nitrogen and oxygen atoms in total. The van der Waals surface area contributed by atoms with Crippen LogP contribution in [0.4, 0.5) is 11.6 Å². The van der Waals surface area contributed by atoms with Gasteiger partial charge < -0.3 is 5.32 Å². The van der Waals surface area contributed by atoms with Crippen molar-refractivity contribution in [1.82, 2.24) is 13.8 Å². The smallest absolute Gasteiger partial charge is 0.264 e. The highest BCUT2D eigenvalue weighted by molar-refractivity contribution is 7.92. The maximum atomic E-state index is 13.2. The number of anilines is 2. The van der Waals surface area contributed by atoms with Gasteiger partial charge in [-0.2, -0.15) is 4.37 Å². The Kier molecular flexibility index (Phi) is 6.83. The first kappa shape index (κ1) is 21.3. The molecule has 0 aliphatic heterocycles. The molecular weight excluding hydrogens is 430 g/mol. The van der Waals surface area contributed by atoms with Crippen molar-refractivity contribution in [2.45, 2.75) is 30.6 Å². The molecule has 0 radical (unpaired) electrons. The zero-order chi connectivity index (χ0) is 21.5. The van der Waals surface area contributed by atoms with E-state index in [-0.39, 0.29) is 0 Å². The lowest BCUT2D eigenvalue weighted by atomic mass is 10.2. The van der Waals surface area contributed by atoms with Crippen molar-refractivity contribution in [3.05, 3.63) is 73.1 Å². The number of benzene rings is 2. The van der Waals surface area contributed by atoms with Gasteiger partial charge in [0.1, 0.15) is 0 Å². The van der Waals surface area contributed by atoms with E-state index in [1.54, 1.807) is 30.5 Å². The van der Waals surface area contributed by atoms with Crippen molar-refractivity contribution in [3.63, 3.8) is 0 Å². The molecule has 4 rings (SSSR count). The van der Waals surface area contributed by atoms with Gasteiger partial charge in [0.25, 0.3) is 10.0 Å². The van der Waals surface area contributed by atoms with Gasteiger partial charge in [-0.25, -0.2) is 13.4 Å². The second-order valence-corrected chi connectivity index (χ2v) is 9.75. The first-order valence-corrected chi connectivity index (χ1v) is 12.5. The average Bonchev–Trinajstić information content (AvgIpc) is 3.41. The predicted molar refractivity (Wildman–Crippen MR) is 125 cm³/mol. The molecule has 0 saturated carbocycles. The van der Waals surface area contributed by atoms with Crippen LogP contribution in [0.25, 0.3) is 4.96 Å². The Morgan fingerprint density at radius 3 is 2.42 bits per heavy atom. The number of unbranched alkanes of at least 4 members (excludes halogenated alkanes) is 3. The third kappa shape index (κ3) is 5.05. The molecule has 0 amide bonds. The number of hydrogen-bond acceptors (Lipinski definition) is 6. The van der Waals surface area contributed by atoms with E-state index in [4.69, 9.17) is 0 Å². The highest BCUT2D eigenvalue weighted by Gasteiger charge is 2.24. The summed E-state index contributed by atoms with van der Waals surface area (Å²) in [5.74, 6) is 0.821. The fourth-order valence-corrected chi connectivity index (χ4v) is 5.59. The molecule has 0 bridgehead atoms. The molecule has 2 aromatic carbocycles. The second kappa shape index (κ2) is 9.93. The molecule has 0 fully saturated rings. The normalized spacial score (nSPS) is 11.6. The van der Waals surface area contributed by atoms with Crippen molar-refractivity contribution >= 4 is 38.2 Å². The van der Waals surface area contributed by atoms with E-state index in [1.165, 1.54) is 15.8 Å². The summed E-state index contributed by atoms with van der Waals surface area (Å²) in [5, 5.41) is 3.34. The monoisotopic (exact) mass is 455 g/mol. The van der Waals surface area contributed by atoms with Crippen molar-refractivity contribution in [1.29, 1.82) is 0 Å². The van der Waals surface area contributed by atoms with Crippen molar-refractivity contribution in [2.24, 2.45) is 0 Å². The Balaban J connectivity index is 1.29. The van der Waals surface area contributed by atoms with E-state index in [0.29, 0.717) is 17.1 Å². The van der Waals surface area contributed by atoms with Crippen LogP contribution in [0.15, 0.2) is 78.0 Å². The predicted octanol–water partition coefficient (Wildman–Crippen LogP) is 4.66. The summed E-state index contributed by atoms with van der Waals surface area (Å²) in [7, 11) is -3.59. The SMILES string of the molecule is O=S(=O)(c1ccccc1)N(CCCCCCNc1nsc2nccn12)c1ccccc1. The summed E-state index contributed by atoms with van der Waals surface area (Å²) in [6, 6.07) is 17.9. The number of hydrogen-bond donors (Lipinski definition) is 1. The fourth-order valence-electron chi connectivity index (χ4n) is 3.40. The van der Waals surface area contributed by atoms with Gasteiger partial charge in [-0.1, -0.05) is 49.2 Å². The van der Waals surface area contributed by atoms with Crippen LogP contribution < -0.4 is 9.62 Å². The van der Waals surface area contributed by atoms with E-state index in [9.17, 15) is 8.42 Å². The van der Waals surface area contributed by atoms with Crippen LogP contribution in [0.3, 0.4) is 0 Å². The molecular formula is C22H25N5O2S2. The molecule has 1 N–H and O–H groups in total. The third-order valence-electron chi connectivity index (χ3n) is 5.00. The minimum Gasteiger partial charge on any atom is -0.355 e. The molecule has 2 heterocycles. The minimum atomic E-state index is -3.59. The van der Waals surface area contributed by atoms with Gasteiger partial charge in [0, 0.05) is 37.0 Å². The van der Waals surface area contributed by atoms with Gasteiger partial charge in [-0.05, 0) is 37.1 Å². The number of aromatic nitrogens is 3. The van der Waals surface area contributed by atoms with Gasteiger partial charge in [-0.3, -0.25) is 8.71 Å². The number of rotatable bonds is 11. The number of nitrogens with one attached hydrogen (secondary N) is 1. The van der Waals surface area contributed by atoms with E-state index in [0.717, 1.165) is 43.1 Å². The Morgan fingerprint density at radius 1 is 0.935 bits per heavy atom. The molecule has 0 saturated heterocycles. The van der Waals surface area contributed by atoms with Crippen LogP contribution in [0.1, 0.15) is 25.7 Å². The molecule has 4 aromatic rings. The van der Waals surface area contributed by atoms with Crippen LogP contribution >= 0.6 is 11.5 Å². The molecule has 0 aliphatic rings. The number of para-hydroxylation sites is 1. The summed E-state index contributed by atoms with van der Waals surface area (Å²) in [5.41, 5.74) is 0.695. The van der Waals surface area contributed by atoms with Crippen LogP contribution in [0, 0.1) is 0 Å². The highest BCUT2D eigenvalue weighted by atomic mass is 32.2. The van der Waals surface area contributed by atoms with E-state index < -0.39 is 10.0 Å². The van der Waals surface area contributed by atoms with Gasteiger partial charge in [0.15, 0.2) is 0 Å². The quantitative estimate of drug-likeness (QED) is 0.333. The van der Waals surface area contributed by atoms with Crippen LogP contribution in [-0.4, -0.2) is 35.3 Å². The molecule has 0 spiro atoms. The maximum absolute atomic E-state index is 13.2. The van der Waals surface area contributed by atoms with Crippen LogP contribution in [0.2, 0.25) is 0 Å². The lowest BCUT2D eigenvalue weighted by molar-refractivity contribution is 0.585. The maximum Gasteiger partial charge on any atom is 0.264 e. The fraction of sp³-hybridized carbons (Fsp3) is 0.273. The Morgan fingerprint density at radius 2 is 1.65 bits per heavy atom. The van der Waals surface area contributed by atoms with Gasteiger partial charge in [0.05, 0.1) is 10.6 Å². The molecule has 0 unspecified atom stereocenters. The van der Waals surface area contributed by atoms with Crippen LogP contribution in [0.5, 0.6) is 0 Å². The summed E-state index contributed by atoms with van der Waals surface area (Å²) in [6.45, 7) is 1.28. The van der Waals surface area contributed by atoms with Crippen molar-refractivity contribution in [2.75, 3.05) is 22.7 Å². The zero-order valence-electron chi connectivity index (χ0n) is 17.1. The van der Waals surface area contributed by atoms with Crippen molar-refractivity contribution in [3.8, 4) is 0 Å². The number of sulfonamides is 1. The minimum absolute atomic E-state index is 0.317. The molecule has 9 heteroatoms. The summed E-state index contributed by atoms with van der Waals surface area (Å²) in [4.78, 5) is 5.41. The summed E-state index contributed by atoms with van der Waals surface area (Å²) in [6.07, 6.45) is 7.41. The summed E-state index contributed by atoms with van der Waals surface area (Å²) < 4.78 is 34.3.